The molecule has 0 aliphatic heterocycles. The first-order valence-corrected chi connectivity index (χ1v) is 5.56. The molecule has 0 radical (unpaired) electrons. The topological polar surface area (TPSA) is 47.8 Å². The molecule has 0 heterocycles. The highest BCUT2D eigenvalue weighted by atomic mass is 15.1. The Bertz CT molecular complexity index is 582. The minimum Gasteiger partial charge on any atom is -0.342 e. The van der Waals surface area contributed by atoms with E-state index in [-0.39, 0.29) is 0 Å². The summed E-state index contributed by atoms with van der Waals surface area (Å²) in [6.45, 7) is 3.90. The van der Waals surface area contributed by atoms with E-state index in [1.807, 2.05) is 42.5 Å². The average Bonchev–Trinajstić information content (AvgIpc) is 2.40. The molecule has 2 aromatic carbocycles. The van der Waals surface area contributed by atoms with E-state index in [0.29, 0.717) is 11.4 Å². The van der Waals surface area contributed by atoms with Crippen LogP contribution in [0, 0.1) is 11.3 Å². The Balaban J connectivity index is 2.01. The first-order chi connectivity index (χ1) is 8.78. The number of nitrogens with one attached hydrogen (secondary N) is 2. The number of benzene rings is 2. The molecule has 0 saturated carbocycles. The lowest BCUT2D eigenvalue weighted by Crippen LogP contribution is -2.07. The molecule has 0 saturated heterocycles. The number of hydrogen-bond donors (Lipinski definition) is 2. The maximum atomic E-state index is 8.82. The van der Waals surface area contributed by atoms with Crippen molar-refractivity contribution in [2.75, 3.05) is 10.6 Å². The maximum Gasteiger partial charge on any atom is 0.100 e. The zero-order valence-corrected chi connectivity index (χ0v) is 9.85. The zero-order chi connectivity index (χ0) is 12.8. The van der Waals surface area contributed by atoms with E-state index < -0.39 is 0 Å². The van der Waals surface area contributed by atoms with Crippen LogP contribution in [0.2, 0.25) is 0 Å². The van der Waals surface area contributed by atoms with Crippen LogP contribution in [0.1, 0.15) is 5.56 Å². The molecule has 0 bridgehead atoms. The molecule has 0 aromatic heterocycles. The van der Waals surface area contributed by atoms with Gasteiger partial charge in [0.2, 0.25) is 0 Å². The molecule has 2 aromatic rings. The van der Waals surface area contributed by atoms with E-state index in [9.17, 15) is 0 Å². The van der Waals surface area contributed by atoms with Gasteiger partial charge in [0.1, 0.15) is 5.82 Å². The Morgan fingerprint density at radius 1 is 0.944 bits per heavy atom. The highest BCUT2D eigenvalue weighted by Gasteiger charge is 1.97. The fourth-order valence-corrected chi connectivity index (χ4v) is 1.57. The standard InChI is InChI=1S/C15H13N3/c1-12(17-14-7-3-2-4-8-14)18-15-9-5-6-13(10-15)11-16/h2-10,17-18H,1H2. The van der Waals surface area contributed by atoms with Crippen molar-refractivity contribution in [3.63, 3.8) is 0 Å². The van der Waals surface area contributed by atoms with Crippen LogP contribution in [0.15, 0.2) is 67.0 Å². The summed E-state index contributed by atoms with van der Waals surface area (Å²) in [5.74, 6) is 0.663. The van der Waals surface area contributed by atoms with Crippen LogP contribution in [0.3, 0.4) is 0 Å². The largest absolute Gasteiger partial charge is 0.342 e. The van der Waals surface area contributed by atoms with Gasteiger partial charge in [-0.1, -0.05) is 30.8 Å². The third-order valence-corrected chi connectivity index (χ3v) is 2.36. The Labute approximate surface area is 106 Å². The lowest BCUT2D eigenvalue weighted by atomic mass is 10.2. The molecular weight excluding hydrogens is 222 g/mol. The van der Waals surface area contributed by atoms with E-state index in [0.717, 1.165) is 11.4 Å². The molecular formula is C15H13N3. The van der Waals surface area contributed by atoms with E-state index in [1.165, 1.54) is 0 Å². The monoisotopic (exact) mass is 235 g/mol. The molecule has 0 aliphatic rings. The zero-order valence-electron chi connectivity index (χ0n) is 9.85. The average molecular weight is 235 g/mol. The van der Waals surface area contributed by atoms with Gasteiger partial charge in [-0.2, -0.15) is 5.26 Å². The van der Waals surface area contributed by atoms with Crippen molar-refractivity contribution in [1.29, 1.82) is 5.26 Å². The third kappa shape index (κ3) is 3.13. The summed E-state index contributed by atoms with van der Waals surface area (Å²) >= 11 is 0. The van der Waals surface area contributed by atoms with Crippen molar-refractivity contribution in [3.05, 3.63) is 72.6 Å². The first kappa shape index (κ1) is 11.7. The molecule has 0 spiro atoms. The van der Waals surface area contributed by atoms with Crippen LogP contribution < -0.4 is 10.6 Å². The van der Waals surface area contributed by atoms with E-state index in [4.69, 9.17) is 5.26 Å². The van der Waals surface area contributed by atoms with Crippen molar-refractivity contribution in [3.8, 4) is 6.07 Å². The van der Waals surface area contributed by atoms with Gasteiger partial charge in [0.05, 0.1) is 11.6 Å². The van der Waals surface area contributed by atoms with Gasteiger partial charge in [0.25, 0.3) is 0 Å². The van der Waals surface area contributed by atoms with Gasteiger partial charge in [-0.05, 0) is 30.3 Å². The van der Waals surface area contributed by atoms with E-state index in [1.54, 1.807) is 12.1 Å². The Kier molecular flexibility index (Phi) is 3.62. The molecule has 88 valence electrons. The lowest BCUT2D eigenvalue weighted by molar-refractivity contribution is 1.37. The summed E-state index contributed by atoms with van der Waals surface area (Å²) in [6, 6.07) is 19.1. The van der Waals surface area contributed by atoms with Gasteiger partial charge in [0, 0.05) is 11.4 Å². The van der Waals surface area contributed by atoms with Crippen molar-refractivity contribution in [2.24, 2.45) is 0 Å². The maximum absolute atomic E-state index is 8.82. The van der Waals surface area contributed by atoms with Crippen LogP contribution in [-0.2, 0) is 0 Å². The lowest BCUT2D eigenvalue weighted by Gasteiger charge is -2.12. The van der Waals surface area contributed by atoms with Gasteiger partial charge in [-0.15, -0.1) is 0 Å². The number of nitrogens with zero attached hydrogens (tertiary/aromatic N) is 1. The van der Waals surface area contributed by atoms with Gasteiger partial charge in [0.15, 0.2) is 0 Å². The number of anilines is 2. The molecule has 3 heteroatoms. The second-order valence-corrected chi connectivity index (χ2v) is 3.79. The van der Waals surface area contributed by atoms with Gasteiger partial charge in [-0.25, -0.2) is 0 Å². The SMILES string of the molecule is C=C(Nc1ccccc1)Nc1cccc(C#N)c1. The summed E-state index contributed by atoms with van der Waals surface area (Å²) in [6.07, 6.45) is 0. The van der Waals surface area contributed by atoms with Crippen LogP contribution in [0.5, 0.6) is 0 Å². The van der Waals surface area contributed by atoms with Crippen LogP contribution in [0.25, 0.3) is 0 Å². The molecule has 0 aliphatic carbocycles. The fraction of sp³-hybridized carbons (Fsp3) is 0. The minimum atomic E-state index is 0.618. The highest BCUT2D eigenvalue weighted by molar-refractivity contribution is 5.57. The molecule has 18 heavy (non-hydrogen) atoms. The van der Waals surface area contributed by atoms with Crippen molar-refractivity contribution >= 4 is 11.4 Å². The number of nitriles is 1. The Morgan fingerprint density at radius 3 is 2.33 bits per heavy atom. The molecule has 0 unspecified atom stereocenters. The Hall–Kier alpha value is -2.73. The molecule has 0 fully saturated rings. The predicted molar refractivity (Wildman–Crippen MR) is 74.0 cm³/mol. The smallest absolute Gasteiger partial charge is 0.100 e. The normalized spacial score (nSPS) is 9.28. The summed E-state index contributed by atoms with van der Waals surface area (Å²) in [4.78, 5) is 0. The number of rotatable bonds is 4. The van der Waals surface area contributed by atoms with Crippen molar-refractivity contribution < 1.29 is 0 Å². The number of hydrogen-bond acceptors (Lipinski definition) is 3. The second kappa shape index (κ2) is 5.55. The summed E-state index contributed by atoms with van der Waals surface area (Å²) < 4.78 is 0. The molecule has 2 N–H and O–H groups in total. The van der Waals surface area contributed by atoms with E-state index >= 15 is 0 Å². The van der Waals surface area contributed by atoms with Crippen LogP contribution in [0.4, 0.5) is 11.4 Å². The van der Waals surface area contributed by atoms with Gasteiger partial charge in [-0.3, -0.25) is 0 Å². The predicted octanol–water partition coefficient (Wildman–Crippen LogP) is 3.55. The van der Waals surface area contributed by atoms with Gasteiger partial charge >= 0.3 is 0 Å². The van der Waals surface area contributed by atoms with Gasteiger partial charge < -0.3 is 10.6 Å². The summed E-state index contributed by atoms with van der Waals surface area (Å²) in [7, 11) is 0. The van der Waals surface area contributed by atoms with Crippen molar-refractivity contribution in [1.82, 2.24) is 0 Å². The molecule has 0 amide bonds. The van der Waals surface area contributed by atoms with E-state index in [2.05, 4.69) is 23.3 Å². The van der Waals surface area contributed by atoms with Crippen LogP contribution >= 0.6 is 0 Å². The first-order valence-electron chi connectivity index (χ1n) is 5.56. The summed E-state index contributed by atoms with van der Waals surface area (Å²) in [5.41, 5.74) is 2.42. The summed E-state index contributed by atoms with van der Waals surface area (Å²) in [5, 5.41) is 15.1. The van der Waals surface area contributed by atoms with Crippen LogP contribution in [-0.4, -0.2) is 0 Å². The fourth-order valence-electron chi connectivity index (χ4n) is 1.57. The quantitative estimate of drug-likeness (QED) is 0.851. The highest BCUT2D eigenvalue weighted by Crippen LogP contribution is 2.13. The minimum absolute atomic E-state index is 0.618. The molecule has 3 nitrogen and oxygen atoms in total. The second-order valence-electron chi connectivity index (χ2n) is 3.79. The molecule has 2 rings (SSSR count). The number of para-hydroxylation sites is 1. The Morgan fingerprint density at radius 2 is 1.61 bits per heavy atom. The molecule has 0 atom stereocenters. The van der Waals surface area contributed by atoms with Crippen molar-refractivity contribution in [2.45, 2.75) is 0 Å². The third-order valence-electron chi connectivity index (χ3n) is 2.36.